The van der Waals surface area contributed by atoms with Gasteiger partial charge in [0, 0.05) is 0 Å². The summed E-state index contributed by atoms with van der Waals surface area (Å²) in [4.78, 5) is 10.7. The van der Waals surface area contributed by atoms with Gasteiger partial charge in [-0.25, -0.2) is 0 Å². The van der Waals surface area contributed by atoms with Crippen LogP contribution in [0.4, 0.5) is 0 Å². The van der Waals surface area contributed by atoms with E-state index < -0.39 is 18.0 Å². The lowest BCUT2D eigenvalue weighted by atomic mass is 9.98. The fourth-order valence-electron chi connectivity index (χ4n) is 2.79. The third kappa shape index (κ3) is 13.1. The van der Waals surface area contributed by atoms with Crippen LogP contribution in [0.3, 0.4) is 0 Å². The first-order valence-electron chi connectivity index (χ1n) is 9.50. The average molecular weight is 315 g/mol. The van der Waals surface area contributed by atoms with Crippen LogP contribution < -0.4 is 0 Å². The normalized spacial score (nSPS) is 14.0. The van der Waals surface area contributed by atoms with Crippen molar-refractivity contribution in [2.24, 2.45) is 5.92 Å². The molecule has 3 nitrogen and oxygen atoms in total. The van der Waals surface area contributed by atoms with E-state index in [0.717, 1.165) is 12.8 Å². The number of unbranched alkanes of at least 4 members (excludes halogenated alkanes) is 12. The number of rotatable bonds is 16. The first-order chi connectivity index (χ1) is 10.6. The Morgan fingerprint density at radius 1 is 0.773 bits per heavy atom. The largest absolute Gasteiger partial charge is 0.481 e. The van der Waals surface area contributed by atoms with Crippen molar-refractivity contribution in [2.45, 2.75) is 110 Å². The van der Waals surface area contributed by atoms with Crippen molar-refractivity contribution in [1.82, 2.24) is 0 Å². The Balaban J connectivity index is 3.19. The monoisotopic (exact) mass is 314 g/mol. The van der Waals surface area contributed by atoms with Crippen LogP contribution in [0.15, 0.2) is 0 Å². The maximum Gasteiger partial charge on any atom is 0.308 e. The Bertz CT molecular complexity index is 253. The predicted molar refractivity (Wildman–Crippen MR) is 93.1 cm³/mol. The van der Waals surface area contributed by atoms with Gasteiger partial charge in [-0.1, -0.05) is 90.4 Å². The molecule has 0 saturated carbocycles. The topological polar surface area (TPSA) is 57.5 Å². The molecule has 0 spiro atoms. The Morgan fingerprint density at radius 3 is 1.50 bits per heavy atom. The summed E-state index contributed by atoms with van der Waals surface area (Å²) in [5, 5.41) is 18.5. The average Bonchev–Trinajstić information content (AvgIpc) is 2.50. The number of hydrogen-bond acceptors (Lipinski definition) is 2. The van der Waals surface area contributed by atoms with E-state index in [1.165, 1.54) is 70.6 Å². The quantitative estimate of drug-likeness (QED) is 0.367. The summed E-state index contributed by atoms with van der Waals surface area (Å²) in [5.41, 5.74) is 0. The predicted octanol–water partition coefficient (Wildman–Crippen LogP) is 5.55. The SMILES string of the molecule is CCCCCCCCCCCCCCC[C@@H](O)[C@H](C)C(=O)O. The number of carboxylic acid groups (broad SMARTS) is 1. The number of aliphatic hydroxyl groups excluding tert-OH is 1. The van der Waals surface area contributed by atoms with Crippen molar-refractivity contribution in [3.8, 4) is 0 Å². The molecule has 2 N–H and O–H groups in total. The third-order valence-corrected chi connectivity index (χ3v) is 4.57. The molecule has 0 aromatic heterocycles. The second-order valence-corrected chi connectivity index (χ2v) is 6.73. The molecule has 0 aliphatic heterocycles. The molecular formula is C19H38O3. The standard InChI is InChI=1S/C19H38O3/c1-3-4-5-6-7-8-9-10-11-12-13-14-15-16-18(20)17(2)19(21)22/h17-18,20H,3-16H2,1-2H3,(H,21,22)/t17-,18+/m0/s1. The van der Waals surface area contributed by atoms with Crippen LogP contribution in [-0.2, 0) is 4.79 Å². The summed E-state index contributed by atoms with van der Waals surface area (Å²) in [6.07, 6.45) is 16.8. The van der Waals surface area contributed by atoms with Crippen LogP contribution in [0.5, 0.6) is 0 Å². The van der Waals surface area contributed by atoms with Crippen LogP contribution in [0.2, 0.25) is 0 Å². The minimum atomic E-state index is -0.901. The molecule has 22 heavy (non-hydrogen) atoms. The number of carboxylic acids is 1. The first-order valence-corrected chi connectivity index (χ1v) is 9.50. The Hall–Kier alpha value is -0.570. The van der Waals surface area contributed by atoms with Gasteiger partial charge in [0.05, 0.1) is 12.0 Å². The fourth-order valence-corrected chi connectivity index (χ4v) is 2.79. The number of carbonyl (C=O) groups is 1. The highest BCUT2D eigenvalue weighted by molar-refractivity contribution is 5.70. The molecule has 2 atom stereocenters. The molecule has 132 valence electrons. The summed E-state index contributed by atoms with van der Waals surface area (Å²) in [6, 6.07) is 0. The van der Waals surface area contributed by atoms with E-state index in [-0.39, 0.29) is 0 Å². The Kier molecular flexibility index (Phi) is 14.9. The minimum Gasteiger partial charge on any atom is -0.481 e. The molecule has 0 aromatic rings. The second-order valence-electron chi connectivity index (χ2n) is 6.73. The fraction of sp³-hybridized carbons (Fsp3) is 0.947. The van der Waals surface area contributed by atoms with Gasteiger partial charge in [-0.2, -0.15) is 0 Å². The molecule has 0 bridgehead atoms. The summed E-state index contributed by atoms with van der Waals surface area (Å²) >= 11 is 0. The third-order valence-electron chi connectivity index (χ3n) is 4.57. The molecule has 0 aliphatic carbocycles. The van der Waals surface area contributed by atoms with E-state index in [0.29, 0.717) is 6.42 Å². The summed E-state index contributed by atoms with van der Waals surface area (Å²) in [6.45, 7) is 3.84. The van der Waals surface area contributed by atoms with Crippen LogP contribution in [0.25, 0.3) is 0 Å². The lowest BCUT2D eigenvalue weighted by molar-refractivity contribution is -0.144. The first kappa shape index (κ1) is 21.4. The van der Waals surface area contributed by atoms with Crippen LogP contribution >= 0.6 is 0 Å². The molecule has 0 unspecified atom stereocenters. The van der Waals surface area contributed by atoms with Gasteiger partial charge in [0.15, 0.2) is 0 Å². The van der Waals surface area contributed by atoms with Crippen molar-refractivity contribution in [1.29, 1.82) is 0 Å². The highest BCUT2D eigenvalue weighted by atomic mass is 16.4. The van der Waals surface area contributed by atoms with Crippen molar-refractivity contribution in [3.05, 3.63) is 0 Å². The molecule has 0 aromatic carbocycles. The highest BCUT2D eigenvalue weighted by Crippen LogP contribution is 2.15. The zero-order valence-electron chi connectivity index (χ0n) is 14.9. The molecule has 0 heterocycles. The lowest BCUT2D eigenvalue weighted by Crippen LogP contribution is -2.25. The second kappa shape index (κ2) is 15.3. The zero-order valence-corrected chi connectivity index (χ0v) is 14.9. The lowest BCUT2D eigenvalue weighted by Gasteiger charge is -2.14. The minimum absolute atomic E-state index is 0.616. The van der Waals surface area contributed by atoms with Gasteiger partial charge < -0.3 is 10.2 Å². The van der Waals surface area contributed by atoms with Gasteiger partial charge in [0.2, 0.25) is 0 Å². The number of aliphatic carboxylic acids is 1. The summed E-state index contributed by atoms with van der Waals surface area (Å²) in [5.74, 6) is -1.54. The molecule has 3 heteroatoms. The molecule has 0 saturated heterocycles. The highest BCUT2D eigenvalue weighted by Gasteiger charge is 2.20. The molecule has 0 fully saturated rings. The smallest absolute Gasteiger partial charge is 0.308 e. The number of hydrogen-bond donors (Lipinski definition) is 2. The molecule has 0 radical (unpaired) electrons. The van der Waals surface area contributed by atoms with E-state index in [4.69, 9.17) is 5.11 Å². The van der Waals surface area contributed by atoms with Crippen LogP contribution in [0.1, 0.15) is 104 Å². The van der Waals surface area contributed by atoms with Crippen molar-refractivity contribution in [2.75, 3.05) is 0 Å². The molecule has 0 rings (SSSR count). The van der Waals surface area contributed by atoms with E-state index in [2.05, 4.69) is 6.92 Å². The zero-order chi connectivity index (χ0) is 16.6. The summed E-state index contributed by atoms with van der Waals surface area (Å²) in [7, 11) is 0. The van der Waals surface area contributed by atoms with E-state index in [1.807, 2.05) is 0 Å². The van der Waals surface area contributed by atoms with Gasteiger partial charge >= 0.3 is 5.97 Å². The van der Waals surface area contributed by atoms with E-state index in [1.54, 1.807) is 6.92 Å². The van der Waals surface area contributed by atoms with Crippen LogP contribution in [0, 0.1) is 5.92 Å². The van der Waals surface area contributed by atoms with Gasteiger partial charge in [-0.3, -0.25) is 4.79 Å². The maximum absolute atomic E-state index is 10.7. The van der Waals surface area contributed by atoms with E-state index >= 15 is 0 Å². The Morgan fingerprint density at radius 2 is 1.14 bits per heavy atom. The molecule has 0 aliphatic rings. The Labute approximate surface area is 137 Å². The van der Waals surface area contributed by atoms with Crippen molar-refractivity contribution in [3.63, 3.8) is 0 Å². The van der Waals surface area contributed by atoms with Crippen LogP contribution in [-0.4, -0.2) is 22.3 Å². The van der Waals surface area contributed by atoms with Gasteiger partial charge in [0.1, 0.15) is 0 Å². The van der Waals surface area contributed by atoms with Gasteiger partial charge in [0.25, 0.3) is 0 Å². The molecular weight excluding hydrogens is 276 g/mol. The van der Waals surface area contributed by atoms with Crippen molar-refractivity contribution < 1.29 is 15.0 Å². The molecule has 0 amide bonds. The van der Waals surface area contributed by atoms with Gasteiger partial charge in [-0.05, 0) is 13.3 Å². The van der Waals surface area contributed by atoms with Crippen molar-refractivity contribution >= 4 is 5.97 Å². The summed E-state index contributed by atoms with van der Waals surface area (Å²) < 4.78 is 0. The maximum atomic E-state index is 10.7. The number of aliphatic hydroxyl groups is 1. The van der Waals surface area contributed by atoms with Gasteiger partial charge in [-0.15, -0.1) is 0 Å². The van der Waals surface area contributed by atoms with E-state index in [9.17, 15) is 9.90 Å².